The van der Waals surface area contributed by atoms with E-state index in [4.69, 9.17) is 4.42 Å². The molecule has 2 aromatic rings. The van der Waals surface area contributed by atoms with Gasteiger partial charge in [-0.2, -0.15) is 0 Å². The maximum absolute atomic E-state index is 12.0. The molecule has 1 aromatic heterocycles. The number of hydrogen-bond donors (Lipinski definition) is 1. The summed E-state index contributed by atoms with van der Waals surface area (Å²) in [4.78, 5) is 12.0. The molecule has 1 aliphatic rings. The minimum atomic E-state index is -3.22. The molecule has 1 amide bonds. The van der Waals surface area contributed by atoms with Crippen molar-refractivity contribution in [1.29, 1.82) is 0 Å². The van der Waals surface area contributed by atoms with E-state index in [9.17, 15) is 13.2 Å². The Bertz CT molecular complexity index is 784. The van der Waals surface area contributed by atoms with Crippen LogP contribution in [0.1, 0.15) is 18.6 Å². The van der Waals surface area contributed by atoms with Gasteiger partial charge in [0.05, 0.1) is 17.7 Å². The number of nitrogens with zero attached hydrogens (tertiary/aromatic N) is 1. The molecule has 6 nitrogen and oxygen atoms in total. The molecule has 0 spiro atoms. The molecule has 1 aromatic carbocycles. The van der Waals surface area contributed by atoms with E-state index in [1.807, 2.05) is 6.07 Å². The molecule has 122 valence electrons. The third kappa shape index (κ3) is 3.73. The molecule has 1 fully saturated rings. The Morgan fingerprint density at radius 3 is 2.83 bits per heavy atom. The monoisotopic (exact) mass is 334 g/mol. The van der Waals surface area contributed by atoms with Crippen LogP contribution in [0, 0.1) is 0 Å². The lowest BCUT2D eigenvalue weighted by Gasteiger charge is -2.17. The van der Waals surface area contributed by atoms with Crippen molar-refractivity contribution in [3.05, 3.63) is 48.4 Å². The predicted molar refractivity (Wildman–Crippen MR) is 87.9 cm³/mol. The van der Waals surface area contributed by atoms with Crippen LogP contribution in [0.15, 0.2) is 47.1 Å². The van der Waals surface area contributed by atoms with Gasteiger partial charge in [0.1, 0.15) is 5.76 Å². The van der Waals surface area contributed by atoms with Crippen LogP contribution in [0.4, 0.5) is 11.4 Å². The van der Waals surface area contributed by atoms with Crippen LogP contribution in [0.2, 0.25) is 0 Å². The average molecular weight is 334 g/mol. The Kier molecular flexibility index (Phi) is 4.38. The van der Waals surface area contributed by atoms with Crippen LogP contribution >= 0.6 is 0 Å². The topological polar surface area (TPSA) is 79.6 Å². The van der Waals surface area contributed by atoms with Gasteiger partial charge in [0, 0.05) is 25.1 Å². The number of carbonyl (C=O) groups excluding carboxylic acids is 1. The van der Waals surface area contributed by atoms with Gasteiger partial charge < -0.3 is 9.73 Å². The zero-order chi connectivity index (χ0) is 16.3. The first-order chi connectivity index (χ1) is 11.0. The maximum Gasteiger partial charge on any atom is 0.235 e. The van der Waals surface area contributed by atoms with E-state index in [0.717, 1.165) is 5.76 Å². The molecule has 3 rings (SSSR count). The zero-order valence-corrected chi connectivity index (χ0v) is 13.4. The van der Waals surface area contributed by atoms with Crippen LogP contribution in [0.5, 0.6) is 0 Å². The molecule has 0 atom stereocenters. The third-order valence-corrected chi connectivity index (χ3v) is 5.57. The molecule has 1 saturated heterocycles. The van der Waals surface area contributed by atoms with Gasteiger partial charge >= 0.3 is 0 Å². The number of hydrogen-bond acceptors (Lipinski definition) is 4. The summed E-state index contributed by atoms with van der Waals surface area (Å²) in [7, 11) is -3.22. The second-order valence-electron chi connectivity index (χ2n) is 5.42. The van der Waals surface area contributed by atoms with Gasteiger partial charge in [-0.3, -0.25) is 9.10 Å². The Morgan fingerprint density at radius 2 is 2.13 bits per heavy atom. The van der Waals surface area contributed by atoms with Gasteiger partial charge in [0.2, 0.25) is 15.9 Å². The number of aryl methyl sites for hydroxylation is 1. The Balaban J connectivity index is 1.64. The summed E-state index contributed by atoms with van der Waals surface area (Å²) in [5, 5.41) is 2.79. The molecule has 1 aliphatic heterocycles. The highest BCUT2D eigenvalue weighted by atomic mass is 32.2. The van der Waals surface area contributed by atoms with Gasteiger partial charge in [-0.05, 0) is 36.8 Å². The quantitative estimate of drug-likeness (QED) is 0.910. The van der Waals surface area contributed by atoms with Gasteiger partial charge in [0.25, 0.3) is 0 Å². The first-order valence-corrected chi connectivity index (χ1v) is 9.08. The van der Waals surface area contributed by atoms with Crippen molar-refractivity contribution in [3.8, 4) is 0 Å². The van der Waals surface area contributed by atoms with Crippen molar-refractivity contribution in [1.82, 2.24) is 0 Å². The highest BCUT2D eigenvalue weighted by molar-refractivity contribution is 7.93. The summed E-state index contributed by atoms with van der Waals surface area (Å²) in [5.41, 5.74) is 1.18. The van der Waals surface area contributed by atoms with Crippen molar-refractivity contribution < 1.29 is 17.6 Å². The van der Waals surface area contributed by atoms with E-state index in [-0.39, 0.29) is 11.7 Å². The second kappa shape index (κ2) is 6.45. The number of nitrogens with one attached hydrogen (secondary N) is 1. The van der Waals surface area contributed by atoms with Crippen LogP contribution in [0.25, 0.3) is 0 Å². The zero-order valence-electron chi connectivity index (χ0n) is 12.6. The van der Waals surface area contributed by atoms with Crippen molar-refractivity contribution in [2.45, 2.75) is 19.3 Å². The molecule has 0 bridgehead atoms. The number of sulfonamides is 1. The third-order valence-electron chi connectivity index (χ3n) is 3.70. The predicted octanol–water partition coefficient (Wildman–Crippen LogP) is 2.39. The first-order valence-electron chi connectivity index (χ1n) is 7.47. The van der Waals surface area contributed by atoms with E-state index in [1.54, 1.807) is 36.6 Å². The van der Waals surface area contributed by atoms with Gasteiger partial charge in [-0.25, -0.2) is 8.42 Å². The van der Waals surface area contributed by atoms with Crippen LogP contribution in [-0.2, 0) is 21.2 Å². The number of rotatable bonds is 5. The number of carbonyl (C=O) groups is 1. The normalized spacial score (nSPS) is 16.4. The molecule has 0 saturated carbocycles. The summed E-state index contributed by atoms with van der Waals surface area (Å²) in [6.07, 6.45) is 3.04. The minimum Gasteiger partial charge on any atom is -0.469 e. The summed E-state index contributed by atoms with van der Waals surface area (Å²) in [6, 6.07) is 10.5. The fourth-order valence-electron chi connectivity index (χ4n) is 2.58. The van der Waals surface area contributed by atoms with E-state index in [1.165, 1.54) is 4.31 Å². The van der Waals surface area contributed by atoms with Crippen LogP contribution < -0.4 is 9.62 Å². The average Bonchev–Trinajstić information content (AvgIpc) is 3.14. The van der Waals surface area contributed by atoms with E-state index >= 15 is 0 Å². The first kappa shape index (κ1) is 15.6. The summed E-state index contributed by atoms with van der Waals surface area (Å²) >= 11 is 0. The Labute approximate surface area is 135 Å². The van der Waals surface area contributed by atoms with Crippen molar-refractivity contribution >= 4 is 27.3 Å². The molecule has 0 radical (unpaired) electrons. The smallest absolute Gasteiger partial charge is 0.235 e. The SMILES string of the molecule is O=C(CCc1ccco1)Nc1cccc(N2CCCS2(=O)=O)c1. The molecule has 1 N–H and O–H groups in total. The lowest BCUT2D eigenvalue weighted by molar-refractivity contribution is -0.116. The molecule has 0 unspecified atom stereocenters. The van der Waals surface area contributed by atoms with Crippen LogP contribution in [0.3, 0.4) is 0 Å². The molecule has 2 heterocycles. The van der Waals surface area contributed by atoms with Crippen molar-refractivity contribution in [3.63, 3.8) is 0 Å². The molecular weight excluding hydrogens is 316 g/mol. The molecular formula is C16H18N2O4S. The van der Waals surface area contributed by atoms with E-state index in [2.05, 4.69) is 5.32 Å². The lowest BCUT2D eigenvalue weighted by Crippen LogP contribution is -2.25. The maximum atomic E-state index is 12.0. The summed E-state index contributed by atoms with van der Waals surface area (Å²) in [5.74, 6) is 0.798. The lowest BCUT2D eigenvalue weighted by atomic mass is 10.2. The number of benzene rings is 1. The van der Waals surface area contributed by atoms with Crippen molar-refractivity contribution in [2.24, 2.45) is 0 Å². The fourth-order valence-corrected chi connectivity index (χ4v) is 4.14. The second-order valence-corrected chi connectivity index (χ2v) is 7.43. The van der Waals surface area contributed by atoms with E-state index in [0.29, 0.717) is 37.2 Å². The number of furan rings is 1. The highest BCUT2D eigenvalue weighted by Gasteiger charge is 2.28. The number of amides is 1. The Morgan fingerprint density at radius 1 is 1.26 bits per heavy atom. The summed E-state index contributed by atoms with van der Waals surface area (Å²) in [6.45, 7) is 0.484. The largest absolute Gasteiger partial charge is 0.469 e. The van der Waals surface area contributed by atoms with Gasteiger partial charge in [-0.15, -0.1) is 0 Å². The Hall–Kier alpha value is -2.28. The van der Waals surface area contributed by atoms with Gasteiger partial charge in [-0.1, -0.05) is 6.07 Å². The van der Waals surface area contributed by atoms with E-state index < -0.39 is 10.0 Å². The molecule has 23 heavy (non-hydrogen) atoms. The number of anilines is 2. The molecule has 7 heteroatoms. The van der Waals surface area contributed by atoms with Gasteiger partial charge in [0.15, 0.2) is 0 Å². The van der Waals surface area contributed by atoms with Crippen molar-refractivity contribution in [2.75, 3.05) is 21.9 Å². The standard InChI is InChI=1S/C16H18N2O4S/c19-16(8-7-15-6-2-10-22-15)17-13-4-1-5-14(12-13)18-9-3-11-23(18,20)21/h1-2,4-6,10,12H,3,7-9,11H2,(H,17,19). The highest BCUT2D eigenvalue weighted by Crippen LogP contribution is 2.26. The minimum absolute atomic E-state index is 0.136. The molecule has 0 aliphatic carbocycles. The van der Waals surface area contributed by atoms with Crippen LogP contribution in [-0.4, -0.2) is 26.6 Å². The summed E-state index contributed by atoms with van der Waals surface area (Å²) < 4.78 is 30.5. The fraction of sp³-hybridized carbons (Fsp3) is 0.312.